The lowest BCUT2D eigenvalue weighted by atomic mass is 9.94. The summed E-state index contributed by atoms with van der Waals surface area (Å²) < 4.78 is 0. The van der Waals surface area contributed by atoms with Crippen LogP contribution >= 0.6 is 0 Å². The number of likely N-dealkylation sites (tertiary alicyclic amines) is 1. The molecule has 1 unspecified atom stereocenters. The third-order valence-electron chi connectivity index (χ3n) is 3.17. The molecule has 2 rings (SSSR count). The summed E-state index contributed by atoms with van der Waals surface area (Å²) in [5.41, 5.74) is -0.442. The van der Waals surface area contributed by atoms with Crippen LogP contribution in [0.15, 0.2) is 0 Å². The fourth-order valence-electron chi connectivity index (χ4n) is 2.44. The van der Waals surface area contributed by atoms with Gasteiger partial charge in [0.25, 0.3) is 0 Å². The fourth-order valence-corrected chi connectivity index (χ4v) is 2.44. The van der Waals surface area contributed by atoms with Crippen LogP contribution < -0.4 is 5.32 Å². The van der Waals surface area contributed by atoms with Gasteiger partial charge in [-0.3, -0.25) is 0 Å². The van der Waals surface area contributed by atoms with Crippen molar-refractivity contribution in [2.24, 2.45) is 0 Å². The van der Waals surface area contributed by atoms with Gasteiger partial charge >= 0.3 is 0 Å². The van der Waals surface area contributed by atoms with Crippen molar-refractivity contribution >= 4 is 0 Å². The summed E-state index contributed by atoms with van der Waals surface area (Å²) in [7, 11) is 0. The Bertz CT molecular complexity index is 160. The monoisotopic (exact) mass is 184 g/mol. The Morgan fingerprint density at radius 2 is 2.00 bits per heavy atom. The highest BCUT2D eigenvalue weighted by Crippen LogP contribution is 2.19. The summed E-state index contributed by atoms with van der Waals surface area (Å²) in [6, 6.07) is 0. The Morgan fingerprint density at radius 1 is 1.23 bits per heavy atom. The molecule has 3 heteroatoms. The largest absolute Gasteiger partial charge is 0.387 e. The number of rotatable bonds is 2. The Labute approximate surface area is 80.1 Å². The van der Waals surface area contributed by atoms with E-state index in [0.717, 1.165) is 32.5 Å². The standard InChI is InChI=1S/C10H20N2O/c13-10(4-3-5-11-8-10)9-12-6-1-2-7-12/h11,13H,1-9H2. The van der Waals surface area contributed by atoms with Gasteiger partial charge in [-0.1, -0.05) is 0 Å². The molecule has 2 aliphatic rings. The zero-order valence-corrected chi connectivity index (χ0v) is 8.26. The van der Waals surface area contributed by atoms with Crippen LogP contribution in [-0.2, 0) is 0 Å². The van der Waals surface area contributed by atoms with Gasteiger partial charge in [0, 0.05) is 13.1 Å². The predicted molar refractivity (Wildman–Crippen MR) is 52.7 cm³/mol. The third kappa shape index (κ3) is 2.42. The van der Waals surface area contributed by atoms with Gasteiger partial charge in [0.15, 0.2) is 0 Å². The summed E-state index contributed by atoms with van der Waals surface area (Å²) in [6.07, 6.45) is 4.70. The molecule has 0 aromatic heterocycles. The van der Waals surface area contributed by atoms with E-state index in [2.05, 4.69) is 10.2 Å². The van der Waals surface area contributed by atoms with E-state index < -0.39 is 5.60 Å². The fraction of sp³-hybridized carbons (Fsp3) is 1.00. The van der Waals surface area contributed by atoms with E-state index in [9.17, 15) is 5.11 Å². The molecule has 1 atom stereocenters. The molecule has 2 N–H and O–H groups in total. The molecule has 2 aliphatic heterocycles. The van der Waals surface area contributed by atoms with E-state index in [1.54, 1.807) is 0 Å². The summed E-state index contributed by atoms with van der Waals surface area (Å²) in [5.74, 6) is 0. The molecule has 0 saturated carbocycles. The van der Waals surface area contributed by atoms with Crippen LogP contribution in [-0.4, -0.2) is 48.3 Å². The second kappa shape index (κ2) is 3.95. The Kier molecular flexibility index (Phi) is 2.86. The molecule has 2 fully saturated rings. The van der Waals surface area contributed by atoms with Gasteiger partial charge in [-0.25, -0.2) is 0 Å². The number of β-amino-alcohol motifs (C(OH)–C–C–N with tert-alkyl or cyclic N) is 1. The van der Waals surface area contributed by atoms with Crippen molar-refractivity contribution in [3.63, 3.8) is 0 Å². The molecular weight excluding hydrogens is 164 g/mol. The molecule has 2 saturated heterocycles. The quantitative estimate of drug-likeness (QED) is 0.643. The first-order valence-electron chi connectivity index (χ1n) is 5.44. The first-order valence-corrected chi connectivity index (χ1v) is 5.44. The summed E-state index contributed by atoms with van der Waals surface area (Å²) in [6.45, 7) is 5.09. The second-order valence-electron chi connectivity index (χ2n) is 4.49. The number of nitrogens with one attached hydrogen (secondary N) is 1. The lowest BCUT2D eigenvalue weighted by Crippen LogP contribution is -2.52. The van der Waals surface area contributed by atoms with Crippen LogP contribution in [0.2, 0.25) is 0 Å². The van der Waals surface area contributed by atoms with E-state index in [0.29, 0.717) is 0 Å². The lowest BCUT2D eigenvalue weighted by molar-refractivity contribution is -0.0102. The topological polar surface area (TPSA) is 35.5 Å². The summed E-state index contributed by atoms with van der Waals surface area (Å²) in [5, 5.41) is 13.5. The van der Waals surface area contributed by atoms with E-state index in [1.165, 1.54) is 25.9 Å². The predicted octanol–water partition coefficient (Wildman–Crippen LogP) is 0.197. The van der Waals surface area contributed by atoms with Crippen LogP contribution in [0.3, 0.4) is 0 Å². The Balaban J connectivity index is 1.83. The molecule has 3 nitrogen and oxygen atoms in total. The molecule has 0 amide bonds. The highest BCUT2D eigenvalue weighted by Gasteiger charge is 2.31. The maximum absolute atomic E-state index is 10.2. The average Bonchev–Trinajstić information content (AvgIpc) is 2.57. The minimum absolute atomic E-state index is 0.442. The van der Waals surface area contributed by atoms with Crippen LogP contribution in [0, 0.1) is 0 Å². The number of hydrogen-bond donors (Lipinski definition) is 2. The normalized spacial score (nSPS) is 36.7. The minimum atomic E-state index is -0.442. The van der Waals surface area contributed by atoms with Gasteiger partial charge in [-0.05, 0) is 45.3 Å². The summed E-state index contributed by atoms with van der Waals surface area (Å²) >= 11 is 0. The molecule has 0 bridgehead atoms. The van der Waals surface area contributed by atoms with Gasteiger partial charge in [0.2, 0.25) is 0 Å². The molecule has 0 radical (unpaired) electrons. The Morgan fingerprint density at radius 3 is 2.62 bits per heavy atom. The number of aliphatic hydroxyl groups is 1. The molecule has 0 aromatic rings. The van der Waals surface area contributed by atoms with Gasteiger partial charge < -0.3 is 15.3 Å². The minimum Gasteiger partial charge on any atom is -0.387 e. The van der Waals surface area contributed by atoms with E-state index >= 15 is 0 Å². The van der Waals surface area contributed by atoms with Gasteiger partial charge in [-0.15, -0.1) is 0 Å². The van der Waals surface area contributed by atoms with Crippen molar-refractivity contribution in [3.05, 3.63) is 0 Å². The lowest BCUT2D eigenvalue weighted by Gasteiger charge is -2.35. The smallest absolute Gasteiger partial charge is 0.0898 e. The zero-order valence-electron chi connectivity index (χ0n) is 8.26. The van der Waals surface area contributed by atoms with Gasteiger partial charge in [-0.2, -0.15) is 0 Å². The molecule has 2 heterocycles. The SMILES string of the molecule is OC1(CN2CCCC2)CCCNC1. The first kappa shape index (κ1) is 9.44. The van der Waals surface area contributed by atoms with Crippen LogP contribution in [0.25, 0.3) is 0 Å². The summed E-state index contributed by atoms with van der Waals surface area (Å²) in [4.78, 5) is 2.40. The molecular formula is C10H20N2O. The molecule has 13 heavy (non-hydrogen) atoms. The van der Waals surface area contributed by atoms with Crippen molar-refractivity contribution < 1.29 is 5.11 Å². The van der Waals surface area contributed by atoms with Crippen molar-refractivity contribution in [1.29, 1.82) is 0 Å². The van der Waals surface area contributed by atoms with Crippen molar-refractivity contribution in [3.8, 4) is 0 Å². The highest BCUT2D eigenvalue weighted by molar-refractivity contribution is 4.89. The average molecular weight is 184 g/mol. The number of piperidine rings is 1. The molecule has 76 valence electrons. The van der Waals surface area contributed by atoms with Crippen molar-refractivity contribution in [2.45, 2.75) is 31.3 Å². The number of nitrogens with zero attached hydrogens (tertiary/aromatic N) is 1. The Hall–Kier alpha value is -0.120. The first-order chi connectivity index (χ1) is 6.29. The van der Waals surface area contributed by atoms with Gasteiger partial charge in [0.05, 0.1) is 5.60 Å². The van der Waals surface area contributed by atoms with Crippen LogP contribution in [0.4, 0.5) is 0 Å². The van der Waals surface area contributed by atoms with Crippen molar-refractivity contribution in [2.75, 3.05) is 32.7 Å². The maximum Gasteiger partial charge on any atom is 0.0898 e. The molecule has 0 spiro atoms. The third-order valence-corrected chi connectivity index (χ3v) is 3.17. The van der Waals surface area contributed by atoms with E-state index in [4.69, 9.17) is 0 Å². The van der Waals surface area contributed by atoms with Crippen molar-refractivity contribution in [1.82, 2.24) is 10.2 Å². The van der Waals surface area contributed by atoms with Crippen LogP contribution in [0.1, 0.15) is 25.7 Å². The maximum atomic E-state index is 10.2. The second-order valence-corrected chi connectivity index (χ2v) is 4.49. The van der Waals surface area contributed by atoms with Gasteiger partial charge in [0.1, 0.15) is 0 Å². The van der Waals surface area contributed by atoms with E-state index in [1.807, 2.05) is 0 Å². The number of hydrogen-bond acceptors (Lipinski definition) is 3. The van der Waals surface area contributed by atoms with E-state index in [-0.39, 0.29) is 0 Å². The molecule has 0 aliphatic carbocycles. The van der Waals surface area contributed by atoms with Crippen LogP contribution in [0.5, 0.6) is 0 Å². The highest BCUT2D eigenvalue weighted by atomic mass is 16.3. The molecule has 0 aromatic carbocycles. The zero-order chi connectivity index (χ0) is 9.15.